The number of rotatable bonds is 2. The van der Waals surface area contributed by atoms with E-state index in [2.05, 4.69) is 10.6 Å². The van der Waals surface area contributed by atoms with Crippen LogP contribution in [0.1, 0.15) is 43.2 Å². The summed E-state index contributed by atoms with van der Waals surface area (Å²) in [5.74, 6) is 0. The third kappa shape index (κ3) is 3.85. The molecule has 0 unspecified atom stereocenters. The zero-order valence-electron chi connectivity index (χ0n) is 11.8. The second-order valence-electron chi connectivity index (χ2n) is 5.21. The quantitative estimate of drug-likeness (QED) is 0.817. The molecule has 0 aliphatic heterocycles. The fraction of sp³-hybridized carbons (Fsp3) is 0.438. The highest BCUT2D eigenvalue weighted by Gasteiger charge is 2.07. The molecule has 0 radical (unpaired) electrons. The Hall–Kier alpha value is -1.77. The second kappa shape index (κ2) is 6.41. The number of aryl methyl sites for hydroxylation is 1. The molecular weight excluding hydrogens is 236 g/mol. The lowest BCUT2D eigenvalue weighted by Crippen LogP contribution is -2.25. The lowest BCUT2D eigenvalue weighted by atomic mass is 9.96. The second-order valence-corrected chi connectivity index (χ2v) is 5.21. The topological polar surface area (TPSA) is 41.1 Å². The van der Waals surface area contributed by atoms with Gasteiger partial charge in [0.15, 0.2) is 0 Å². The number of carbonyl (C=O) groups excluding carboxylic acids is 1. The highest BCUT2D eigenvalue weighted by atomic mass is 16.2. The molecule has 0 heterocycles. The fourth-order valence-corrected chi connectivity index (χ4v) is 2.36. The van der Waals surface area contributed by atoms with E-state index >= 15 is 0 Å². The van der Waals surface area contributed by atoms with Crippen molar-refractivity contribution in [2.75, 3.05) is 5.32 Å². The molecule has 3 nitrogen and oxygen atoms in total. The van der Waals surface area contributed by atoms with Gasteiger partial charge in [0.05, 0.1) is 0 Å². The Balaban J connectivity index is 1.92. The molecule has 102 valence electrons. The molecule has 0 spiro atoms. The van der Waals surface area contributed by atoms with Crippen LogP contribution in [0.3, 0.4) is 0 Å². The Bertz CT molecular complexity index is 484. The van der Waals surface area contributed by atoms with Gasteiger partial charge in [-0.3, -0.25) is 0 Å². The molecule has 2 N–H and O–H groups in total. The first-order valence-electron chi connectivity index (χ1n) is 6.98. The predicted octanol–water partition coefficient (Wildman–Crippen LogP) is 4.27. The van der Waals surface area contributed by atoms with Crippen molar-refractivity contribution in [2.45, 2.75) is 46.0 Å². The maximum atomic E-state index is 11.9. The average molecular weight is 258 g/mol. The summed E-state index contributed by atoms with van der Waals surface area (Å²) in [6.45, 7) is 4.06. The number of carbonyl (C=O) groups is 1. The van der Waals surface area contributed by atoms with Crippen LogP contribution in [0.5, 0.6) is 0 Å². The molecular formula is C16H22N2O. The lowest BCUT2D eigenvalue weighted by molar-refractivity contribution is 0.255. The van der Waals surface area contributed by atoms with Crippen molar-refractivity contribution in [1.29, 1.82) is 0 Å². The van der Waals surface area contributed by atoms with Crippen molar-refractivity contribution < 1.29 is 4.79 Å². The summed E-state index contributed by atoms with van der Waals surface area (Å²) in [6, 6.07) is 5.77. The summed E-state index contributed by atoms with van der Waals surface area (Å²) >= 11 is 0. The zero-order chi connectivity index (χ0) is 13.7. The fourth-order valence-electron chi connectivity index (χ4n) is 2.36. The van der Waals surface area contributed by atoms with Crippen molar-refractivity contribution in [3.8, 4) is 0 Å². The monoisotopic (exact) mass is 258 g/mol. The van der Waals surface area contributed by atoms with Crippen LogP contribution in [0.25, 0.3) is 0 Å². The van der Waals surface area contributed by atoms with Gasteiger partial charge in [0.25, 0.3) is 0 Å². The molecule has 3 heteroatoms. The molecule has 1 aliphatic rings. The average Bonchev–Trinajstić information content (AvgIpc) is 2.43. The number of hydrogen-bond donors (Lipinski definition) is 2. The number of allylic oxidation sites excluding steroid dienone is 1. The number of benzene rings is 1. The summed E-state index contributed by atoms with van der Waals surface area (Å²) in [4.78, 5) is 11.9. The van der Waals surface area contributed by atoms with Crippen LogP contribution >= 0.6 is 0 Å². The zero-order valence-corrected chi connectivity index (χ0v) is 11.8. The third-order valence-corrected chi connectivity index (χ3v) is 3.76. The summed E-state index contributed by atoms with van der Waals surface area (Å²) in [5, 5.41) is 5.73. The van der Waals surface area contributed by atoms with Crippen LogP contribution in [0.4, 0.5) is 10.5 Å². The summed E-state index contributed by atoms with van der Waals surface area (Å²) in [7, 11) is 0. The largest absolute Gasteiger partial charge is 0.323 e. The number of hydrogen-bond acceptors (Lipinski definition) is 1. The summed E-state index contributed by atoms with van der Waals surface area (Å²) in [6.07, 6.45) is 7.90. The van der Waals surface area contributed by atoms with Gasteiger partial charge in [0, 0.05) is 11.9 Å². The lowest BCUT2D eigenvalue weighted by Gasteiger charge is -2.14. The van der Waals surface area contributed by atoms with Gasteiger partial charge in [-0.05, 0) is 56.7 Å². The van der Waals surface area contributed by atoms with Gasteiger partial charge in [0.2, 0.25) is 0 Å². The Morgan fingerprint density at radius 2 is 1.89 bits per heavy atom. The van der Waals surface area contributed by atoms with Crippen LogP contribution in [-0.4, -0.2) is 6.03 Å². The molecule has 2 amide bonds. The first-order valence-corrected chi connectivity index (χ1v) is 6.98. The third-order valence-electron chi connectivity index (χ3n) is 3.76. The van der Waals surface area contributed by atoms with Gasteiger partial charge in [0.1, 0.15) is 0 Å². The van der Waals surface area contributed by atoms with Gasteiger partial charge in [-0.25, -0.2) is 4.79 Å². The maximum absolute atomic E-state index is 11.9. The van der Waals surface area contributed by atoms with Gasteiger partial charge in [-0.1, -0.05) is 24.1 Å². The molecule has 0 aromatic heterocycles. The molecule has 1 saturated carbocycles. The Morgan fingerprint density at radius 1 is 1.16 bits per heavy atom. The van der Waals surface area contributed by atoms with Crippen LogP contribution in [0.15, 0.2) is 30.0 Å². The van der Waals surface area contributed by atoms with E-state index in [1.54, 1.807) is 0 Å². The molecule has 1 aromatic rings. The first-order chi connectivity index (χ1) is 9.16. The van der Waals surface area contributed by atoms with Gasteiger partial charge < -0.3 is 10.6 Å². The van der Waals surface area contributed by atoms with Gasteiger partial charge in [-0.15, -0.1) is 0 Å². The predicted molar refractivity (Wildman–Crippen MR) is 79.2 cm³/mol. The minimum atomic E-state index is -0.160. The van der Waals surface area contributed by atoms with E-state index in [1.165, 1.54) is 30.4 Å². The van der Waals surface area contributed by atoms with Crippen molar-refractivity contribution >= 4 is 11.7 Å². The number of nitrogens with one attached hydrogen (secondary N) is 2. The van der Waals surface area contributed by atoms with Gasteiger partial charge >= 0.3 is 6.03 Å². The minimum absolute atomic E-state index is 0.160. The summed E-state index contributed by atoms with van der Waals surface area (Å²) < 4.78 is 0. The number of anilines is 1. The summed E-state index contributed by atoms with van der Waals surface area (Å²) in [5.41, 5.74) is 4.52. The molecule has 1 aliphatic carbocycles. The van der Waals surface area contributed by atoms with Crippen LogP contribution in [-0.2, 0) is 0 Å². The minimum Gasteiger partial charge on any atom is -0.314 e. The standard InChI is InChI=1S/C16H22N2O/c1-12-7-6-10-15(13(12)2)18-16(19)17-11-14-8-4-3-5-9-14/h6-7,10-11H,3-5,8-9H2,1-2H3,(H2,17,18,19). The van der Waals surface area contributed by atoms with E-state index in [9.17, 15) is 4.79 Å². The highest BCUT2D eigenvalue weighted by Crippen LogP contribution is 2.22. The van der Waals surface area contributed by atoms with Crippen molar-refractivity contribution in [3.63, 3.8) is 0 Å². The van der Waals surface area contributed by atoms with Gasteiger partial charge in [-0.2, -0.15) is 0 Å². The normalized spacial score (nSPS) is 14.9. The van der Waals surface area contributed by atoms with Crippen molar-refractivity contribution in [2.24, 2.45) is 0 Å². The first kappa shape index (κ1) is 13.7. The molecule has 2 rings (SSSR count). The molecule has 1 aromatic carbocycles. The number of urea groups is 1. The van der Waals surface area contributed by atoms with Crippen LogP contribution < -0.4 is 10.6 Å². The van der Waals surface area contributed by atoms with Crippen molar-refractivity contribution in [3.05, 3.63) is 41.1 Å². The van der Waals surface area contributed by atoms with E-state index in [0.29, 0.717) is 0 Å². The Labute approximate surface area is 115 Å². The van der Waals surface area contributed by atoms with E-state index in [1.807, 2.05) is 38.2 Å². The SMILES string of the molecule is Cc1cccc(NC(=O)NC=C2CCCCC2)c1C. The number of amides is 2. The molecule has 0 bridgehead atoms. The Kier molecular flexibility index (Phi) is 4.61. The smallest absolute Gasteiger partial charge is 0.314 e. The van der Waals surface area contributed by atoms with E-state index in [0.717, 1.165) is 24.1 Å². The van der Waals surface area contributed by atoms with E-state index in [4.69, 9.17) is 0 Å². The molecule has 19 heavy (non-hydrogen) atoms. The molecule has 1 fully saturated rings. The van der Waals surface area contributed by atoms with Crippen molar-refractivity contribution in [1.82, 2.24) is 5.32 Å². The highest BCUT2D eigenvalue weighted by molar-refractivity contribution is 5.90. The van der Waals surface area contributed by atoms with E-state index in [-0.39, 0.29) is 6.03 Å². The van der Waals surface area contributed by atoms with Crippen LogP contribution in [0.2, 0.25) is 0 Å². The molecule has 0 atom stereocenters. The Morgan fingerprint density at radius 3 is 2.63 bits per heavy atom. The van der Waals surface area contributed by atoms with E-state index < -0.39 is 0 Å². The van der Waals surface area contributed by atoms with Crippen LogP contribution in [0, 0.1) is 13.8 Å². The maximum Gasteiger partial charge on any atom is 0.323 e. The molecule has 0 saturated heterocycles.